The fourth-order valence-corrected chi connectivity index (χ4v) is 3.07. The largest absolute Gasteiger partial charge is 0.326 e. The Kier molecular flexibility index (Phi) is 1.91. The van der Waals surface area contributed by atoms with Gasteiger partial charge in [0.2, 0.25) is 5.91 Å². The van der Waals surface area contributed by atoms with Gasteiger partial charge in [0.05, 0.1) is 12.2 Å². The zero-order valence-corrected chi connectivity index (χ0v) is 9.62. The van der Waals surface area contributed by atoms with Crippen LogP contribution in [0.4, 0.5) is 0 Å². The highest BCUT2D eigenvalue weighted by Gasteiger charge is 2.55. The number of rotatable bonds is 3. The summed E-state index contributed by atoms with van der Waals surface area (Å²) in [5.41, 5.74) is 0.537. The van der Waals surface area contributed by atoms with Crippen LogP contribution in [-0.4, -0.2) is 29.6 Å². The summed E-state index contributed by atoms with van der Waals surface area (Å²) < 4.78 is 0. The molecule has 0 aromatic heterocycles. The summed E-state index contributed by atoms with van der Waals surface area (Å²) in [6, 6.07) is 0.0232. The van der Waals surface area contributed by atoms with Gasteiger partial charge < -0.3 is 4.90 Å². The molecule has 3 nitrogen and oxygen atoms in total. The Morgan fingerprint density at radius 1 is 1.40 bits per heavy atom. The third-order valence-electron chi connectivity index (χ3n) is 4.43. The Balaban J connectivity index is 1.69. The van der Waals surface area contributed by atoms with Crippen molar-refractivity contribution in [3.8, 4) is 0 Å². The van der Waals surface area contributed by atoms with E-state index in [1.165, 1.54) is 25.7 Å². The lowest BCUT2D eigenvalue weighted by Crippen LogP contribution is -2.39. The molecule has 1 aliphatic heterocycles. The number of hydrogen-bond acceptors (Lipinski definition) is 2. The molecule has 2 saturated carbocycles. The molecular formula is C12H20N2O. The Bertz CT molecular complexity index is 294. The van der Waals surface area contributed by atoms with Gasteiger partial charge in [-0.2, -0.15) is 0 Å². The smallest absolute Gasteiger partial charge is 0.240 e. The fraction of sp³-hybridized carbons (Fsp3) is 0.917. The average Bonchev–Trinajstić information content (AvgIpc) is 3.02. The molecule has 3 heteroatoms. The maximum absolute atomic E-state index is 11.9. The van der Waals surface area contributed by atoms with Crippen molar-refractivity contribution in [1.29, 1.82) is 0 Å². The number of amides is 1. The summed E-state index contributed by atoms with van der Waals surface area (Å²) in [6.07, 6.45) is 5.74. The number of hydrogen-bond donors (Lipinski definition) is 1. The molecule has 1 N–H and O–H groups in total. The lowest BCUT2D eigenvalue weighted by atomic mass is 10.00. The van der Waals surface area contributed by atoms with Gasteiger partial charge in [0.25, 0.3) is 0 Å². The van der Waals surface area contributed by atoms with E-state index in [1.807, 2.05) is 6.92 Å². The molecule has 0 aromatic carbocycles. The molecule has 1 heterocycles. The van der Waals surface area contributed by atoms with Gasteiger partial charge in [0.15, 0.2) is 0 Å². The SMILES string of the molecule is CC1NC(C)N(CC2(C3CC3)CC2)C1=O. The molecule has 1 amide bonds. The first-order valence-corrected chi connectivity index (χ1v) is 6.19. The highest BCUT2D eigenvalue weighted by atomic mass is 16.2. The van der Waals surface area contributed by atoms with E-state index in [2.05, 4.69) is 17.1 Å². The second-order valence-electron chi connectivity index (χ2n) is 5.67. The van der Waals surface area contributed by atoms with E-state index in [0.29, 0.717) is 11.3 Å². The van der Waals surface area contributed by atoms with Gasteiger partial charge >= 0.3 is 0 Å². The van der Waals surface area contributed by atoms with Crippen LogP contribution in [0.25, 0.3) is 0 Å². The van der Waals surface area contributed by atoms with Crippen molar-refractivity contribution in [2.24, 2.45) is 11.3 Å². The number of carbonyl (C=O) groups is 1. The standard InChI is InChI=1S/C12H20N2O/c1-8-11(15)14(9(2)13-8)7-12(5-6-12)10-3-4-10/h8-10,13H,3-7H2,1-2H3. The Morgan fingerprint density at radius 3 is 2.47 bits per heavy atom. The molecule has 0 spiro atoms. The first-order valence-electron chi connectivity index (χ1n) is 6.19. The molecule has 1 saturated heterocycles. The molecule has 3 aliphatic rings. The summed E-state index contributed by atoms with van der Waals surface area (Å²) in [5, 5.41) is 3.30. The molecule has 2 aliphatic carbocycles. The molecule has 3 fully saturated rings. The van der Waals surface area contributed by atoms with Crippen LogP contribution in [0.3, 0.4) is 0 Å². The van der Waals surface area contributed by atoms with Crippen molar-refractivity contribution in [3.63, 3.8) is 0 Å². The van der Waals surface area contributed by atoms with Crippen LogP contribution >= 0.6 is 0 Å². The Hall–Kier alpha value is -0.570. The van der Waals surface area contributed by atoms with Gasteiger partial charge in [0.1, 0.15) is 0 Å². The summed E-state index contributed by atoms with van der Waals surface area (Å²) >= 11 is 0. The van der Waals surface area contributed by atoms with Gasteiger partial charge in [-0.15, -0.1) is 0 Å². The van der Waals surface area contributed by atoms with E-state index in [4.69, 9.17) is 0 Å². The van der Waals surface area contributed by atoms with Gasteiger partial charge in [-0.3, -0.25) is 10.1 Å². The van der Waals surface area contributed by atoms with Crippen LogP contribution in [0, 0.1) is 11.3 Å². The molecule has 0 aromatic rings. The quantitative estimate of drug-likeness (QED) is 0.759. The van der Waals surface area contributed by atoms with E-state index in [0.717, 1.165) is 12.5 Å². The van der Waals surface area contributed by atoms with Crippen LogP contribution in [0.15, 0.2) is 0 Å². The number of nitrogens with zero attached hydrogens (tertiary/aromatic N) is 1. The minimum absolute atomic E-state index is 0.0232. The molecule has 84 valence electrons. The van der Waals surface area contributed by atoms with E-state index < -0.39 is 0 Å². The minimum atomic E-state index is 0.0232. The van der Waals surface area contributed by atoms with Crippen molar-refractivity contribution in [1.82, 2.24) is 10.2 Å². The molecule has 0 bridgehead atoms. The predicted molar refractivity (Wildman–Crippen MR) is 58.2 cm³/mol. The lowest BCUT2D eigenvalue weighted by Gasteiger charge is -2.26. The normalized spacial score (nSPS) is 38.5. The molecule has 0 radical (unpaired) electrons. The summed E-state index contributed by atoms with van der Waals surface area (Å²) in [7, 11) is 0. The van der Waals surface area contributed by atoms with Crippen LogP contribution in [-0.2, 0) is 4.79 Å². The summed E-state index contributed by atoms with van der Waals surface area (Å²) in [6.45, 7) is 5.08. The van der Waals surface area contributed by atoms with Crippen LogP contribution in [0.1, 0.15) is 39.5 Å². The first-order chi connectivity index (χ1) is 7.12. The van der Waals surface area contributed by atoms with Crippen molar-refractivity contribution in [3.05, 3.63) is 0 Å². The van der Waals surface area contributed by atoms with Crippen molar-refractivity contribution in [2.45, 2.75) is 51.7 Å². The highest BCUT2D eigenvalue weighted by molar-refractivity contribution is 5.83. The maximum atomic E-state index is 11.9. The first kappa shape index (κ1) is 9.64. The van der Waals surface area contributed by atoms with E-state index in [-0.39, 0.29) is 12.2 Å². The predicted octanol–water partition coefficient (Wildman–Crippen LogP) is 1.34. The second kappa shape index (κ2) is 2.97. The minimum Gasteiger partial charge on any atom is -0.326 e. The van der Waals surface area contributed by atoms with E-state index >= 15 is 0 Å². The van der Waals surface area contributed by atoms with Crippen LogP contribution < -0.4 is 5.32 Å². The van der Waals surface area contributed by atoms with Crippen molar-refractivity contribution in [2.75, 3.05) is 6.54 Å². The Labute approximate surface area is 91.2 Å². The maximum Gasteiger partial charge on any atom is 0.240 e. The molecule has 15 heavy (non-hydrogen) atoms. The van der Waals surface area contributed by atoms with E-state index in [9.17, 15) is 4.79 Å². The molecule has 2 atom stereocenters. The number of carbonyl (C=O) groups excluding carboxylic acids is 1. The van der Waals surface area contributed by atoms with Gasteiger partial charge in [-0.05, 0) is 50.9 Å². The van der Waals surface area contributed by atoms with Gasteiger partial charge in [-0.1, -0.05) is 0 Å². The summed E-state index contributed by atoms with van der Waals surface area (Å²) in [5.74, 6) is 1.24. The van der Waals surface area contributed by atoms with Crippen molar-refractivity contribution >= 4 is 5.91 Å². The van der Waals surface area contributed by atoms with Gasteiger partial charge in [0, 0.05) is 6.54 Å². The molecule has 3 rings (SSSR count). The van der Waals surface area contributed by atoms with Crippen molar-refractivity contribution < 1.29 is 4.79 Å². The zero-order chi connectivity index (χ0) is 10.6. The molecule has 2 unspecified atom stereocenters. The summed E-state index contributed by atoms with van der Waals surface area (Å²) in [4.78, 5) is 14.0. The topological polar surface area (TPSA) is 32.3 Å². The third-order valence-corrected chi connectivity index (χ3v) is 4.43. The zero-order valence-electron chi connectivity index (χ0n) is 9.62. The molecular weight excluding hydrogens is 188 g/mol. The monoisotopic (exact) mass is 208 g/mol. The van der Waals surface area contributed by atoms with Crippen LogP contribution in [0.5, 0.6) is 0 Å². The second-order valence-corrected chi connectivity index (χ2v) is 5.67. The fourth-order valence-electron chi connectivity index (χ4n) is 3.07. The lowest BCUT2D eigenvalue weighted by molar-refractivity contribution is -0.130. The number of nitrogens with one attached hydrogen (secondary N) is 1. The van der Waals surface area contributed by atoms with Gasteiger partial charge in [-0.25, -0.2) is 0 Å². The highest BCUT2D eigenvalue weighted by Crippen LogP contribution is 2.61. The van der Waals surface area contributed by atoms with E-state index in [1.54, 1.807) is 0 Å². The average molecular weight is 208 g/mol. The van der Waals surface area contributed by atoms with Crippen LogP contribution in [0.2, 0.25) is 0 Å². The third kappa shape index (κ3) is 1.48. The Morgan fingerprint density at radius 2 is 2.07 bits per heavy atom.